The molecule has 0 radical (unpaired) electrons. The van der Waals surface area contributed by atoms with E-state index in [2.05, 4.69) is 33.3 Å². The van der Waals surface area contributed by atoms with Crippen molar-refractivity contribution in [2.24, 2.45) is 0 Å². The first-order valence-corrected chi connectivity index (χ1v) is 7.77. The number of nitrogens with one attached hydrogen (secondary N) is 1. The van der Waals surface area contributed by atoms with Gasteiger partial charge in [0.25, 0.3) is 5.91 Å². The van der Waals surface area contributed by atoms with E-state index in [9.17, 15) is 4.79 Å². The highest BCUT2D eigenvalue weighted by Gasteiger charge is 2.24. The summed E-state index contributed by atoms with van der Waals surface area (Å²) in [7, 11) is 0. The molecule has 0 spiro atoms. The number of piperazine rings is 1. The van der Waals surface area contributed by atoms with Crippen LogP contribution in [0.2, 0.25) is 0 Å². The lowest BCUT2D eigenvalue weighted by Crippen LogP contribution is -2.52. The zero-order chi connectivity index (χ0) is 14.8. The molecular formula is C15H17BrN4O. The second kappa shape index (κ2) is 5.99. The van der Waals surface area contributed by atoms with Crippen LogP contribution in [-0.2, 0) is 0 Å². The predicted molar refractivity (Wildman–Crippen MR) is 84.6 cm³/mol. The molecule has 1 aromatic heterocycles. The fourth-order valence-electron chi connectivity index (χ4n) is 2.50. The molecule has 2 heterocycles. The second-order valence-corrected chi connectivity index (χ2v) is 6.12. The molecule has 1 fully saturated rings. The lowest BCUT2D eigenvalue weighted by atomic mass is 10.2. The van der Waals surface area contributed by atoms with Gasteiger partial charge in [0, 0.05) is 36.3 Å². The quantitative estimate of drug-likeness (QED) is 0.903. The first kappa shape index (κ1) is 14.3. The molecule has 2 aromatic rings. The van der Waals surface area contributed by atoms with Gasteiger partial charge in [0.05, 0.1) is 17.4 Å². The molecule has 3 rings (SSSR count). The molecule has 1 amide bonds. The Morgan fingerprint density at radius 2 is 2.33 bits per heavy atom. The Kier molecular flexibility index (Phi) is 4.07. The minimum absolute atomic E-state index is 0.0465. The Balaban J connectivity index is 1.83. The molecule has 1 saturated heterocycles. The third kappa shape index (κ3) is 3.01. The van der Waals surface area contributed by atoms with Gasteiger partial charge in [-0.05, 0) is 25.1 Å². The van der Waals surface area contributed by atoms with Crippen molar-refractivity contribution in [2.45, 2.75) is 13.0 Å². The molecule has 110 valence electrons. The molecule has 0 saturated carbocycles. The average Bonchev–Trinajstić information content (AvgIpc) is 2.97. The van der Waals surface area contributed by atoms with E-state index in [1.54, 1.807) is 17.1 Å². The van der Waals surface area contributed by atoms with Crippen LogP contribution in [0.4, 0.5) is 0 Å². The molecule has 1 aliphatic heterocycles. The summed E-state index contributed by atoms with van der Waals surface area (Å²) >= 11 is 3.44. The number of hydrogen-bond acceptors (Lipinski definition) is 3. The summed E-state index contributed by atoms with van der Waals surface area (Å²) in [6.07, 6.45) is 3.43. The summed E-state index contributed by atoms with van der Waals surface area (Å²) < 4.78 is 2.71. The fourth-order valence-corrected chi connectivity index (χ4v) is 2.89. The molecule has 1 unspecified atom stereocenters. The molecule has 21 heavy (non-hydrogen) atoms. The highest BCUT2D eigenvalue weighted by atomic mass is 79.9. The van der Waals surface area contributed by atoms with Crippen LogP contribution in [-0.4, -0.2) is 46.3 Å². The maximum atomic E-state index is 12.6. The van der Waals surface area contributed by atoms with Crippen molar-refractivity contribution >= 4 is 21.8 Å². The molecule has 6 heteroatoms. The average molecular weight is 349 g/mol. The lowest BCUT2D eigenvalue weighted by molar-refractivity contribution is 0.0656. The van der Waals surface area contributed by atoms with Crippen LogP contribution >= 0.6 is 15.9 Å². The van der Waals surface area contributed by atoms with Crippen LogP contribution in [0.5, 0.6) is 0 Å². The Hall–Kier alpha value is -1.66. The van der Waals surface area contributed by atoms with Crippen molar-refractivity contribution in [1.29, 1.82) is 0 Å². The maximum Gasteiger partial charge on any atom is 0.257 e. The van der Waals surface area contributed by atoms with E-state index in [1.807, 2.05) is 29.2 Å². The Morgan fingerprint density at radius 1 is 1.48 bits per heavy atom. The monoisotopic (exact) mass is 348 g/mol. The molecule has 0 aliphatic carbocycles. The smallest absolute Gasteiger partial charge is 0.257 e. The van der Waals surface area contributed by atoms with Crippen molar-refractivity contribution < 1.29 is 4.79 Å². The topological polar surface area (TPSA) is 50.2 Å². The zero-order valence-electron chi connectivity index (χ0n) is 11.8. The van der Waals surface area contributed by atoms with Crippen LogP contribution in [0.15, 0.2) is 41.1 Å². The number of aromatic nitrogens is 2. The van der Waals surface area contributed by atoms with Gasteiger partial charge in [-0.1, -0.05) is 22.0 Å². The summed E-state index contributed by atoms with van der Waals surface area (Å²) in [4.78, 5) is 14.5. The molecule has 0 bridgehead atoms. The van der Waals surface area contributed by atoms with E-state index < -0.39 is 0 Å². The van der Waals surface area contributed by atoms with Gasteiger partial charge in [-0.25, -0.2) is 4.68 Å². The minimum atomic E-state index is 0.0465. The van der Waals surface area contributed by atoms with Crippen LogP contribution in [0, 0.1) is 0 Å². The SMILES string of the molecule is CC1CNCCN1C(=O)c1cnn(-c2cccc(Br)c2)c1. The van der Waals surface area contributed by atoms with E-state index in [4.69, 9.17) is 0 Å². The third-order valence-electron chi connectivity index (χ3n) is 3.66. The minimum Gasteiger partial charge on any atom is -0.333 e. The van der Waals surface area contributed by atoms with Crippen molar-refractivity contribution in [1.82, 2.24) is 20.0 Å². The third-order valence-corrected chi connectivity index (χ3v) is 4.16. The Labute approximate surface area is 132 Å². The van der Waals surface area contributed by atoms with Crippen LogP contribution < -0.4 is 5.32 Å². The summed E-state index contributed by atoms with van der Waals surface area (Å²) in [5, 5.41) is 7.59. The first-order valence-electron chi connectivity index (χ1n) is 6.97. The standard InChI is InChI=1S/C15H17BrN4O/c1-11-8-17-5-6-19(11)15(21)12-9-18-20(10-12)14-4-2-3-13(16)7-14/h2-4,7,9-11,17H,5-6,8H2,1H3. The molecular weight excluding hydrogens is 332 g/mol. The highest BCUT2D eigenvalue weighted by molar-refractivity contribution is 9.10. The maximum absolute atomic E-state index is 12.6. The van der Waals surface area contributed by atoms with Crippen molar-refractivity contribution in [3.05, 3.63) is 46.7 Å². The van der Waals surface area contributed by atoms with E-state index >= 15 is 0 Å². The van der Waals surface area contributed by atoms with Crippen LogP contribution in [0.25, 0.3) is 5.69 Å². The van der Waals surface area contributed by atoms with Crippen LogP contribution in [0.1, 0.15) is 17.3 Å². The van der Waals surface area contributed by atoms with E-state index in [0.29, 0.717) is 5.56 Å². The fraction of sp³-hybridized carbons (Fsp3) is 0.333. The summed E-state index contributed by atoms with van der Waals surface area (Å²) in [5.41, 5.74) is 1.56. The first-order chi connectivity index (χ1) is 10.1. The largest absolute Gasteiger partial charge is 0.333 e. The summed E-state index contributed by atoms with van der Waals surface area (Å²) in [6, 6.07) is 8.04. The molecule has 5 nitrogen and oxygen atoms in total. The van der Waals surface area contributed by atoms with Crippen molar-refractivity contribution in [2.75, 3.05) is 19.6 Å². The number of benzene rings is 1. The molecule has 1 aliphatic rings. The number of hydrogen-bond donors (Lipinski definition) is 1. The van der Waals surface area contributed by atoms with Crippen molar-refractivity contribution in [3.8, 4) is 5.69 Å². The second-order valence-electron chi connectivity index (χ2n) is 5.21. The van der Waals surface area contributed by atoms with Gasteiger partial charge in [-0.3, -0.25) is 4.79 Å². The molecule has 1 atom stereocenters. The number of rotatable bonds is 2. The number of carbonyl (C=O) groups is 1. The van der Waals surface area contributed by atoms with E-state index in [1.165, 1.54) is 0 Å². The van der Waals surface area contributed by atoms with Gasteiger partial charge < -0.3 is 10.2 Å². The van der Waals surface area contributed by atoms with Gasteiger partial charge in [-0.15, -0.1) is 0 Å². The number of carbonyl (C=O) groups excluding carboxylic acids is 1. The lowest BCUT2D eigenvalue weighted by Gasteiger charge is -2.33. The normalized spacial score (nSPS) is 18.8. The van der Waals surface area contributed by atoms with Gasteiger partial charge in [0.1, 0.15) is 0 Å². The van der Waals surface area contributed by atoms with Crippen molar-refractivity contribution in [3.63, 3.8) is 0 Å². The molecule has 1 N–H and O–H groups in total. The van der Waals surface area contributed by atoms with E-state index in [-0.39, 0.29) is 11.9 Å². The number of nitrogens with zero attached hydrogens (tertiary/aromatic N) is 3. The zero-order valence-corrected chi connectivity index (χ0v) is 13.4. The van der Waals surface area contributed by atoms with E-state index in [0.717, 1.165) is 29.8 Å². The number of halogens is 1. The van der Waals surface area contributed by atoms with Gasteiger partial charge in [-0.2, -0.15) is 5.10 Å². The summed E-state index contributed by atoms with van der Waals surface area (Å²) in [5.74, 6) is 0.0465. The van der Waals surface area contributed by atoms with Crippen LogP contribution in [0.3, 0.4) is 0 Å². The number of amides is 1. The Bertz CT molecular complexity index is 655. The molecule has 1 aromatic carbocycles. The Morgan fingerprint density at radius 3 is 3.10 bits per heavy atom. The van der Waals surface area contributed by atoms with Gasteiger partial charge >= 0.3 is 0 Å². The van der Waals surface area contributed by atoms with Gasteiger partial charge in [0.15, 0.2) is 0 Å². The summed E-state index contributed by atoms with van der Waals surface area (Å²) in [6.45, 7) is 4.48. The highest BCUT2D eigenvalue weighted by Crippen LogP contribution is 2.16. The van der Waals surface area contributed by atoms with Gasteiger partial charge in [0.2, 0.25) is 0 Å². The predicted octanol–water partition coefficient (Wildman–Crippen LogP) is 2.07.